The maximum Gasteiger partial charge on any atom is 0.313 e. The second-order valence-electron chi connectivity index (χ2n) is 7.70. The van der Waals surface area contributed by atoms with E-state index >= 15 is 0 Å². The van der Waals surface area contributed by atoms with Crippen molar-refractivity contribution in [2.75, 3.05) is 23.3 Å². The minimum absolute atomic E-state index is 0.125. The SMILES string of the molecule is O=C(NCCc1ccc(N2CCc3ccccc3C2)cc1)C(=O)Nc1ccc(F)c(Cl)c1. The molecule has 0 unspecified atom stereocenters. The maximum absolute atomic E-state index is 13.2. The molecule has 1 aliphatic rings. The largest absolute Gasteiger partial charge is 0.367 e. The average molecular weight is 452 g/mol. The summed E-state index contributed by atoms with van der Waals surface area (Å²) < 4.78 is 13.2. The monoisotopic (exact) mass is 451 g/mol. The standard InChI is InChI=1S/C25H23ClFN3O2/c26-22-15-20(7-10-23(22)27)29-25(32)24(31)28-13-11-17-5-8-21(9-6-17)30-14-12-18-3-1-2-4-19(18)16-30/h1-10,15H,11-14,16H2,(H,28,31)(H,29,32). The quantitative estimate of drug-likeness (QED) is 0.567. The normalized spacial score (nSPS) is 12.8. The predicted octanol–water partition coefficient (Wildman–Crippen LogP) is 4.34. The Hall–Kier alpha value is -3.38. The van der Waals surface area contributed by atoms with E-state index in [9.17, 15) is 14.0 Å². The van der Waals surface area contributed by atoms with E-state index < -0.39 is 17.6 Å². The lowest BCUT2D eigenvalue weighted by Crippen LogP contribution is -2.36. The maximum atomic E-state index is 13.2. The molecule has 0 aliphatic carbocycles. The minimum atomic E-state index is -0.826. The molecular formula is C25H23ClFN3O2. The summed E-state index contributed by atoms with van der Waals surface area (Å²) in [6.07, 6.45) is 1.64. The van der Waals surface area contributed by atoms with Gasteiger partial charge >= 0.3 is 11.8 Å². The van der Waals surface area contributed by atoms with Gasteiger partial charge in [0.2, 0.25) is 0 Å². The molecule has 2 N–H and O–H groups in total. The van der Waals surface area contributed by atoms with Gasteiger partial charge in [0.25, 0.3) is 0 Å². The van der Waals surface area contributed by atoms with Crippen LogP contribution in [0.1, 0.15) is 16.7 Å². The highest BCUT2D eigenvalue weighted by molar-refractivity contribution is 6.39. The molecule has 3 aromatic rings. The van der Waals surface area contributed by atoms with Crippen LogP contribution in [-0.2, 0) is 29.0 Å². The molecule has 5 nitrogen and oxygen atoms in total. The van der Waals surface area contributed by atoms with Gasteiger partial charge in [0.15, 0.2) is 0 Å². The molecule has 7 heteroatoms. The zero-order chi connectivity index (χ0) is 22.5. The fourth-order valence-corrected chi connectivity index (χ4v) is 3.93. The fourth-order valence-electron chi connectivity index (χ4n) is 3.75. The van der Waals surface area contributed by atoms with Gasteiger partial charge in [0.1, 0.15) is 5.82 Å². The molecule has 32 heavy (non-hydrogen) atoms. The lowest BCUT2D eigenvalue weighted by molar-refractivity contribution is -0.136. The van der Waals surface area contributed by atoms with Crippen molar-refractivity contribution in [3.63, 3.8) is 0 Å². The number of rotatable bonds is 5. The summed E-state index contributed by atoms with van der Waals surface area (Å²) in [6, 6.07) is 20.5. The topological polar surface area (TPSA) is 61.4 Å². The molecule has 4 rings (SSSR count). The highest BCUT2D eigenvalue weighted by Crippen LogP contribution is 2.24. The number of hydrogen-bond acceptors (Lipinski definition) is 3. The third-order valence-corrected chi connectivity index (χ3v) is 5.80. The van der Waals surface area contributed by atoms with Crippen molar-refractivity contribution in [1.29, 1.82) is 0 Å². The number of hydrogen-bond donors (Lipinski definition) is 2. The van der Waals surface area contributed by atoms with Crippen molar-refractivity contribution in [1.82, 2.24) is 5.32 Å². The lowest BCUT2D eigenvalue weighted by atomic mass is 9.99. The smallest absolute Gasteiger partial charge is 0.313 e. The molecule has 2 amide bonds. The van der Waals surface area contributed by atoms with Crippen molar-refractivity contribution >= 4 is 34.8 Å². The zero-order valence-electron chi connectivity index (χ0n) is 17.4. The first kappa shape index (κ1) is 21.8. The second-order valence-corrected chi connectivity index (χ2v) is 8.10. The van der Waals surface area contributed by atoms with Gasteiger partial charge in [-0.1, -0.05) is 48.0 Å². The molecule has 0 saturated heterocycles. The Morgan fingerprint density at radius 3 is 2.47 bits per heavy atom. The summed E-state index contributed by atoms with van der Waals surface area (Å²) in [6.45, 7) is 2.22. The first-order valence-corrected chi connectivity index (χ1v) is 10.8. The van der Waals surface area contributed by atoms with E-state index in [-0.39, 0.29) is 10.7 Å². The molecule has 0 bridgehead atoms. The molecule has 0 fully saturated rings. The van der Waals surface area contributed by atoms with Crippen LogP contribution in [0.3, 0.4) is 0 Å². The van der Waals surface area contributed by atoms with Gasteiger partial charge in [-0.05, 0) is 59.9 Å². The Bertz CT molecular complexity index is 1130. The van der Waals surface area contributed by atoms with Crippen LogP contribution in [0.25, 0.3) is 0 Å². The first-order valence-electron chi connectivity index (χ1n) is 10.4. The summed E-state index contributed by atoms with van der Waals surface area (Å²) in [5, 5.41) is 4.87. The number of amides is 2. The van der Waals surface area contributed by atoms with E-state index in [1.54, 1.807) is 0 Å². The number of carbonyl (C=O) groups is 2. The molecule has 0 spiro atoms. The Morgan fingerprint density at radius 1 is 0.969 bits per heavy atom. The molecule has 0 aromatic heterocycles. The minimum Gasteiger partial charge on any atom is -0.367 e. The molecule has 0 saturated carbocycles. The van der Waals surface area contributed by atoms with Gasteiger partial charge in [-0.25, -0.2) is 4.39 Å². The number of nitrogens with zero attached hydrogens (tertiary/aromatic N) is 1. The van der Waals surface area contributed by atoms with Crippen molar-refractivity contribution in [3.8, 4) is 0 Å². The molecule has 0 radical (unpaired) electrons. The van der Waals surface area contributed by atoms with E-state index in [1.807, 2.05) is 12.1 Å². The number of benzene rings is 3. The van der Waals surface area contributed by atoms with E-state index in [1.165, 1.54) is 28.9 Å². The van der Waals surface area contributed by atoms with Crippen molar-refractivity contribution in [2.24, 2.45) is 0 Å². The van der Waals surface area contributed by atoms with Crippen LogP contribution in [0.15, 0.2) is 66.7 Å². The Morgan fingerprint density at radius 2 is 1.72 bits per heavy atom. The third-order valence-electron chi connectivity index (χ3n) is 5.52. The molecule has 1 aliphatic heterocycles. The molecule has 1 heterocycles. The Kier molecular flexibility index (Phi) is 6.71. The van der Waals surface area contributed by atoms with Crippen LogP contribution in [0.2, 0.25) is 5.02 Å². The third kappa shape index (κ3) is 5.26. The van der Waals surface area contributed by atoms with Gasteiger partial charge < -0.3 is 15.5 Å². The summed E-state index contributed by atoms with van der Waals surface area (Å²) in [7, 11) is 0. The predicted molar refractivity (Wildman–Crippen MR) is 124 cm³/mol. The summed E-state index contributed by atoms with van der Waals surface area (Å²) in [4.78, 5) is 26.4. The molecular weight excluding hydrogens is 429 g/mol. The number of halogens is 2. The van der Waals surface area contributed by atoms with Crippen molar-refractivity contribution in [2.45, 2.75) is 19.4 Å². The van der Waals surface area contributed by atoms with Gasteiger partial charge in [-0.2, -0.15) is 0 Å². The summed E-state index contributed by atoms with van der Waals surface area (Å²) in [5.74, 6) is -2.17. The highest BCUT2D eigenvalue weighted by atomic mass is 35.5. The number of carbonyl (C=O) groups excluding carboxylic acids is 2. The van der Waals surface area contributed by atoms with Gasteiger partial charge in [-0.15, -0.1) is 0 Å². The number of fused-ring (bicyclic) bond motifs is 1. The molecule has 3 aromatic carbocycles. The van der Waals surface area contributed by atoms with E-state index in [0.29, 0.717) is 13.0 Å². The van der Waals surface area contributed by atoms with Crippen LogP contribution >= 0.6 is 11.6 Å². The first-order chi connectivity index (χ1) is 15.5. The van der Waals surface area contributed by atoms with Crippen LogP contribution < -0.4 is 15.5 Å². The highest BCUT2D eigenvalue weighted by Gasteiger charge is 2.16. The van der Waals surface area contributed by atoms with E-state index in [4.69, 9.17) is 11.6 Å². The van der Waals surface area contributed by atoms with E-state index in [0.717, 1.165) is 31.1 Å². The number of nitrogens with one attached hydrogen (secondary N) is 2. The van der Waals surface area contributed by atoms with Crippen molar-refractivity contribution in [3.05, 3.63) is 94.3 Å². The summed E-state index contributed by atoms with van der Waals surface area (Å²) >= 11 is 5.68. The number of anilines is 2. The van der Waals surface area contributed by atoms with Gasteiger partial charge in [-0.3, -0.25) is 9.59 Å². The second kappa shape index (κ2) is 9.83. The average Bonchev–Trinajstić information content (AvgIpc) is 2.81. The molecule has 0 atom stereocenters. The summed E-state index contributed by atoms with van der Waals surface area (Å²) in [5.41, 5.74) is 5.28. The fraction of sp³-hybridized carbons (Fsp3) is 0.200. The molecule has 164 valence electrons. The Balaban J connectivity index is 1.25. The lowest BCUT2D eigenvalue weighted by Gasteiger charge is -2.30. The zero-order valence-corrected chi connectivity index (χ0v) is 18.2. The van der Waals surface area contributed by atoms with Crippen molar-refractivity contribution < 1.29 is 14.0 Å². The Labute approximate surface area is 191 Å². The van der Waals surface area contributed by atoms with Crippen LogP contribution in [-0.4, -0.2) is 24.9 Å². The van der Waals surface area contributed by atoms with Gasteiger partial charge in [0.05, 0.1) is 5.02 Å². The van der Waals surface area contributed by atoms with Gasteiger partial charge in [0, 0.05) is 31.0 Å². The van der Waals surface area contributed by atoms with Crippen LogP contribution in [0.4, 0.5) is 15.8 Å². The van der Waals surface area contributed by atoms with Crippen LogP contribution in [0.5, 0.6) is 0 Å². The van der Waals surface area contributed by atoms with Crippen LogP contribution in [0, 0.1) is 5.82 Å². The van der Waals surface area contributed by atoms with E-state index in [2.05, 4.69) is 51.9 Å².